The van der Waals surface area contributed by atoms with Crippen LogP contribution in [0.15, 0.2) is 53.4 Å². The number of piperidine rings is 1. The van der Waals surface area contributed by atoms with E-state index in [0.717, 1.165) is 6.20 Å². The van der Waals surface area contributed by atoms with E-state index in [4.69, 9.17) is 15.0 Å². The molecule has 36 heavy (non-hydrogen) atoms. The van der Waals surface area contributed by atoms with E-state index in [2.05, 4.69) is 20.2 Å². The molecular weight excluding hydrogens is 472 g/mol. The molecule has 0 saturated carbocycles. The zero-order valence-electron chi connectivity index (χ0n) is 19.2. The number of hydrogen-bond acceptors (Lipinski definition) is 9. The van der Waals surface area contributed by atoms with Crippen molar-refractivity contribution in [1.82, 2.24) is 24.9 Å². The molecule has 0 aliphatic carbocycles. The Balaban J connectivity index is 1.42. The second kappa shape index (κ2) is 10.2. The van der Waals surface area contributed by atoms with Gasteiger partial charge in [0.1, 0.15) is 29.6 Å². The van der Waals surface area contributed by atoms with Crippen molar-refractivity contribution in [2.75, 3.05) is 24.5 Å². The smallest absolute Gasteiger partial charge is 0.319 e. The second-order valence-electron chi connectivity index (χ2n) is 8.29. The van der Waals surface area contributed by atoms with E-state index in [-0.39, 0.29) is 36.7 Å². The van der Waals surface area contributed by atoms with Crippen LogP contribution in [0.1, 0.15) is 18.4 Å². The van der Waals surface area contributed by atoms with Crippen molar-refractivity contribution >= 4 is 11.8 Å². The summed E-state index contributed by atoms with van der Waals surface area (Å²) in [7, 11) is 0. The maximum Gasteiger partial charge on any atom is 0.319 e. The van der Waals surface area contributed by atoms with Crippen molar-refractivity contribution in [2.45, 2.75) is 25.5 Å². The number of benzene rings is 1. The van der Waals surface area contributed by atoms with Crippen LogP contribution in [0.2, 0.25) is 0 Å². The van der Waals surface area contributed by atoms with Gasteiger partial charge in [-0.25, -0.2) is 18.7 Å². The van der Waals surface area contributed by atoms with Gasteiger partial charge in [-0.3, -0.25) is 9.48 Å². The molecule has 4 heterocycles. The highest BCUT2D eigenvalue weighted by molar-refractivity contribution is 5.71. The van der Waals surface area contributed by atoms with E-state index in [0.29, 0.717) is 48.6 Å². The molecule has 4 aromatic rings. The van der Waals surface area contributed by atoms with Crippen molar-refractivity contribution in [3.63, 3.8) is 0 Å². The number of esters is 1. The van der Waals surface area contributed by atoms with Crippen molar-refractivity contribution in [2.24, 2.45) is 5.73 Å². The highest BCUT2D eigenvalue weighted by atomic mass is 19.1. The summed E-state index contributed by atoms with van der Waals surface area (Å²) in [6.07, 6.45) is 3.32. The van der Waals surface area contributed by atoms with Crippen LogP contribution in [0.3, 0.4) is 0 Å². The first-order valence-corrected chi connectivity index (χ1v) is 11.4. The van der Waals surface area contributed by atoms with Crippen LogP contribution in [0.5, 0.6) is 0 Å². The normalized spacial score (nSPS) is 14.2. The van der Waals surface area contributed by atoms with Gasteiger partial charge in [0.25, 0.3) is 0 Å². The second-order valence-corrected chi connectivity index (χ2v) is 8.29. The summed E-state index contributed by atoms with van der Waals surface area (Å²) in [5.74, 6) is -1.05. The quantitative estimate of drug-likeness (QED) is 0.385. The Morgan fingerprint density at radius 2 is 1.94 bits per heavy atom. The number of carbonyl (C=O) groups excluding carboxylic acids is 1. The Labute approximate surface area is 204 Å². The van der Waals surface area contributed by atoms with Crippen LogP contribution in [0.25, 0.3) is 22.9 Å². The molecule has 1 aromatic carbocycles. The lowest BCUT2D eigenvalue weighted by atomic mass is 10.1. The minimum Gasteiger partial charge on any atom is -0.461 e. The van der Waals surface area contributed by atoms with Crippen molar-refractivity contribution in [3.8, 4) is 22.9 Å². The first-order valence-electron chi connectivity index (χ1n) is 11.4. The number of halogens is 2. The lowest BCUT2D eigenvalue weighted by molar-refractivity contribution is -0.148. The molecule has 0 radical (unpaired) electrons. The first-order chi connectivity index (χ1) is 17.5. The molecule has 1 fully saturated rings. The van der Waals surface area contributed by atoms with Gasteiger partial charge in [0.05, 0.1) is 25.0 Å². The molecule has 3 aromatic heterocycles. The van der Waals surface area contributed by atoms with Crippen LogP contribution >= 0.6 is 0 Å². The van der Waals surface area contributed by atoms with Crippen LogP contribution in [0.4, 0.5) is 14.6 Å². The Bertz CT molecular complexity index is 1350. The molecule has 1 aliphatic rings. The van der Waals surface area contributed by atoms with Crippen molar-refractivity contribution in [3.05, 3.63) is 66.1 Å². The fraction of sp³-hybridized carbons (Fsp3) is 0.292. The minimum atomic E-state index is -0.571. The topological polar surface area (TPSA) is 125 Å². The zero-order valence-corrected chi connectivity index (χ0v) is 19.2. The average Bonchev–Trinajstić information content (AvgIpc) is 3.56. The van der Waals surface area contributed by atoms with Gasteiger partial charge < -0.3 is 19.9 Å². The molecule has 0 amide bonds. The van der Waals surface area contributed by atoms with Gasteiger partial charge in [0.15, 0.2) is 17.5 Å². The molecule has 1 aliphatic heterocycles. The Morgan fingerprint density at radius 3 is 2.67 bits per heavy atom. The SMILES string of the molecule is NCC(=O)OC1CCN(c2nc(-c3cc(-c4ccon4)n(Cc4ccccc4F)n3)ncc2F)CC1. The number of anilines is 1. The van der Waals surface area contributed by atoms with Gasteiger partial charge in [0, 0.05) is 37.6 Å². The van der Waals surface area contributed by atoms with Gasteiger partial charge in [-0.2, -0.15) is 5.10 Å². The highest BCUT2D eigenvalue weighted by Crippen LogP contribution is 2.28. The van der Waals surface area contributed by atoms with Gasteiger partial charge in [0.2, 0.25) is 0 Å². The first kappa shape index (κ1) is 23.5. The van der Waals surface area contributed by atoms with Crippen LogP contribution in [-0.2, 0) is 16.1 Å². The fourth-order valence-corrected chi connectivity index (χ4v) is 4.11. The van der Waals surface area contributed by atoms with Gasteiger partial charge in [-0.05, 0) is 12.1 Å². The third-order valence-electron chi connectivity index (χ3n) is 5.92. The van der Waals surface area contributed by atoms with Crippen LogP contribution in [-0.4, -0.2) is 56.6 Å². The summed E-state index contributed by atoms with van der Waals surface area (Å²) < 4.78 is 40.9. The number of nitrogens with zero attached hydrogens (tertiary/aromatic N) is 6. The van der Waals surface area contributed by atoms with E-state index in [1.165, 1.54) is 12.3 Å². The van der Waals surface area contributed by atoms with Gasteiger partial charge in [-0.1, -0.05) is 23.4 Å². The summed E-state index contributed by atoms with van der Waals surface area (Å²) in [4.78, 5) is 21.8. The summed E-state index contributed by atoms with van der Waals surface area (Å²) in [6.45, 7) is 0.853. The maximum absolute atomic E-state index is 14.7. The summed E-state index contributed by atoms with van der Waals surface area (Å²) >= 11 is 0. The standard InChI is InChI=1S/C24H23F2N7O3/c25-17-4-2-1-3-15(17)14-33-21(19-7-10-35-31-19)11-20(30-33)23-28-13-18(26)24(29-23)32-8-5-16(6-9-32)36-22(34)12-27/h1-4,7,10-11,13,16H,5-6,8-9,12,14,27H2. The molecule has 2 N–H and O–H groups in total. The molecule has 0 bridgehead atoms. The Hall–Kier alpha value is -4.19. The largest absolute Gasteiger partial charge is 0.461 e. The molecule has 10 nitrogen and oxygen atoms in total. The van der Waals surface area contributed by atoms with Gasteiger partial charge >= 0.3 is 5.97 Å². The molecule has 0 atom stereocenters. The zero-order chi connectivity index (χ0) is 25.1. The Kier molecular flexibility index (Phi) is 6.67. The monoisotopic (exact) mass is 495 g/mol. The lowest BCUT2D eigenvalue weighted by Crippen LogP contribution is -2.39. The fourth-order valence-electron chi connectivity index (χ4n) is 4.11. The minimum absolute atomic E-state index is 0.134. The molecule has 5 rings (SSSR count). The predicted octanol–water partition coefficient (Wildman–Crippen LogP) is 2.79. The van der Waals surface area contributed by atoms with Crippen LogP contribution < -0.4 is 10.6 Å². The van der Waals surface area contributed by atoms with Crippen molar-refractivity contribution < 1.29 is 22.8 Å². The van der Waals surface area contributed by atoms with Crippen molar-refractivity contribution in [1.29, 1.82) is 0 Å². The number of carbonyl (C=O) groups is 1. The van der Waals surface area contributed by atoms with E-state index < -0.39 is 11.8 Å². The summed E-state index contributed by atoms with van der Waals surface area (Å²) in [5, 5.41) is 8.55. The molecule has 12 heteroatoms. The predicted molar refractivity (Wildman–Crippen MR) is 125 cm³/mol. The summed E-state index contributed by atoms with van der Waals surface area (Å²) in [6, 6.07) is 9.78. The Morgan fingerprint density at radius 1 is 1.14 bits per heavy atom. The van der Waals surface area contributed by atoms with Crippen LogP contribution in [0, 0.1) is 11.6 Å². The third kappa shape index (κ3) is 4.93. The lowest BCUT2D eigenvalue weighted by Gasteiger charge is -2.32. The molecular formula is C24H23F2N7O3. The molecule has 1 saturated heterocycles. The molecule has 186 valence electrons. The van der Waals surface area contributed by atoms with E-state index in [1.807, 2.05) is 0 Å². The van der Waals surface area contributed by atoms with Gasteiger partial charge in [-0.15, -0.1) is 0 Å². The number of ether oxygens (including phenoxy) is 1. The number of hydrogen-bond donors (Lipinski definition) is 1. The third-order valence-corrected chi connectivity index (χ3v) is 5.92. The maximum atomic E-state index is 14.7. The number of rotatable bonds is 7. The number of nitrogens with two attached hydrogens (primary N) is 1. The average molecular weight is 495 g/mol. The van der Waals surface area contributed by atoms with E-state index in [9.17, 15) is 13.6 Å². The van der Waals surface area contributed by atoms with E-state index >= 15 is 0 Å². The molecule has 0 spiro atoms. The highest BCUT2D eigenvalue weighted by Gasteiger charge is 2.26. The molecule has 0 unspecified atom stereocenters. The van der Waals surface area contributed by atoms with E-state index in [1.54, 1.807) is 39.9 Å². The summed E-state index contributed by atoms with van der Waals surface area (Å²) in [5.41, 5.74) is 7.19. The number of aromatic nitrogens is 5.